The Balaban J connectivity index is 1.58. The van der Waals surface area contributed by atoms with Gasteiger partial charge in [-0.3, -0.25) is 4.79 Å². The van der Waals surface area contributed by atoms with Gasteiger partial charge in [0.05, 0.1) is 33.2 Å². The van der Waals surface area contributed by atoms with E-state index >= 15 is 0 Å². The van der Waals surface area contributed by atoms with Crippen molar-refractivity contribution >= 4 is 34.7 Å². The van der Waals surface area contributed by atoms with E-state index in [1.54, 1.807) is 38.1 Å². The van der Waals surface area contributed by atoms with Crippen LogP contribution in [0.4, 0.5) is 33.2 Å². The van der Waals surface area contributed by atoms with Crippen LogP contribution in [0, 0.1) is 5.82 Å². The van der Waals surface area contributed by atoms with E-state index in [4.69, 9.17) is 18.9 Å². The first-order valence-electron chi connectivity index (χ1n) is 10.2. The van der Waals surface area contributed by atoms with E-state index < -0.39 is 11.4 Å². The normalized spacial score (nSPS) is 13.8. The maximum absolute atomic E-state index is 14.5. The van der Waals surface area contributed by atoms with Gasteiger partial charge in [0.15, 0.2) is 34.5 Å². The molecule has 3 N–H and O–H groups in total. The molecule has 4 rings (SSSR count). The fourth-order valence-corrected chi connectivity index (χ4v) is 3.31. The Bertz CT molecular complexity index is 1230. The Morgan fingerprint density at radius 3 is 2.35 bits per heavy atom. The Hall–Kier alpha value is -4.28. The summed E-state index contributed by atoms with van der Waals surface area (Å²) in [6.45, 7) is 3.32. The maximum atomic E-state index is 14.5. The molecule has 3 aromatic rings. The van der Waals surface area contributed by atoms with Crippen molar-refractivity contribution < 1.29 is 28.1 Å². The molecule has 3 heterocycles. The van der Waals surface area contributed by atoms with Crippen LogP contribution in [0.1, 0.15) is 13.8 Å². The number of carbonyl (C=O) groups is 1. The standard InChI is InChI=1S/C23H24FN5O5/c1-23(2)22(30)29-21-15(34-23)6-7-18(28-21)27-14-10-19(25-11-13(14)24)26-12-8-16(31-3)20(33-5)17(9-12)32-4/h6-11H,1-5H3,(H3,25,26,27,28,29,30). The lowest BCUT2D eigenvalue weighted by molar-refractivity contribution is -0.129. The van der Waals surface area contributed by atoms with Crippen molar-refractivity contribution in [2.24, 2.45) is 0 Å². The van der Waals surface area contributed by atoms with Crippen LogP contribution in [0.3, 0.4) is 0 Å². The van der Waals surface area contributed by atoms with Crippen molar-refractivity contribution in [3.63, 3.8) is 0 Å². The van der Waals surface area contributed by atoms with E-state index in [-0.39, 0.29) is 17.4 Å². The Morgan fingerprint density at radius 1 is 1.00 bits per heavy atom. The lowest BCUT2D eigenvalue weighted by atomic mass is 10.1. The molecule has 0 spiro atoms. The van der Waals surface area contributed by atoms with Crippen LogP contribution in [0.25, 0.3) is 0 Å². The first kappa shape index (κ1) is 22.9. The van der Waals surface area contributed by atoms with Crippen molar-refractivity contribution in [3.8, 4) is 23.0 Å². The molecule has 0 bridgehead atoms. The number of hydrogen-bond acceptors (Lipinski definition) is 9. The molecule has 2 aromatic heterocycles. The third-order valence-corrected chi connectivity index (χ3v) is 5.06. The topological polar surface area (TPSA) is 116 Å². The number of ether oxygens (including phenoxy) is 4. The summed E-state index contributed by atoms with van der Waals surface area (Å²) in [5.74, 6) is 1.79. The highest BCUT2D eigenvalue weighted by Crippen LogP contribution is 2.41. The second kappa shape index (κ2) is 8.93. The summed E-state index contributed by atoms with van der Waals surface area (Å²) in [7, 11) is 4.54. The van der Waals surface area contributed by atoms with Crippen molar-refractivity contribution in [2.75, 3.05) is 37.3 Å². The van der Waals surface area contributed by atoms with Crippen LogP contribution in [0.5, 0.6) is 23.0 Å². The van der Waals surface area contributed by atoms with E-state index in [2.05, 4.69) is 25.9 Å². The van der Waals surface area contributed by atoms with Gasteiger partial charge in [-0.25, -0.2) is 14.4 Å². The van der Waals surface area contributed by atoms with Gasteiger partial charge in [-0.15, -0.1) is 0 Å². The summed E-state index contributed by atoms with van der Waals surface area (Å²) >= 11 is 0. The number of halogens is 1. The Morgan fingerprint density at radius 2 is 1.71 bits per heavy atom. The van der Waals surface area contributed by atoms with Crippen LogP contribution in [-0.4, -0.2) is 42.8 Å². The number of carbonyl (C=O) groups excluding carboxylic acids is 1. The third-order valence-electron chi connectivity index (χ3n) is 5.06. The molecule has 0 saturated heterocycles. The fourth-order valence-electron chi connectivity index (χ4n) is 3.31. The second-order valence-corrected chi connectivity index (χ2v) is 7.82. The number of aromatic nitrogens is 2. The molecule has 0 radical (unpaired) electrons. The average molecular weight is 469 g/mol. The molecule has 0 aliphatic carbocycles. The summed E-state index contributed by atoms with van der Waals surface area (Å²) in [5.41, 5.74) is -0.288. The predicted molar refractivity (Wildman–Crippen MR) is 124 cm³/mol. The van der Waals surface area contributed by atoms with Crippen molar-refractivity contribution in [1.82, 2.24) is 9.97 Å². The molecule has 1 aromatic carbocycles. The maximum Gasteiger partial charge on any atom is 0.269 e. The van der Waals surface area contributed by atoms with Gasteiger partial charge in [0, 0.05) is 23.9 Å². The van der Waals surface area contributed by atoms with Gasteiger partial charge in [0.2, 0.25) is 5.75 Å². The minimum Gasteiger partial charge on any atom is -0.493 e. The van der Waals surface area contributed by atoms with Gasteiger partial charge in [0.25, 0.3) is 5.91 Å². The summed E-state index contributed by atoms with van der Waals surface area (Å²) < 4.78 is 36.2. The minimum absolute atomic E-state index is 0.126. The Kier molecular flexibility index (Phi) is 6.01. The zero-order valence-corrected chi connectivity index (χ0v) is 19.3. The molecule has 10 nitrogen and oxygen atoms in total. The number of methoxy groups -OCH3 is 3. The highest BCUT2D eigenvalue weighted by molar-refractivity contribution is 5.99. The van der Waals surface area contributed by atoms with E-state index in [1.807, 2.05) is 0 Å². The van der Waals surface area contributed by atoms with Gasteiger partial charge in [-0.2, -0.15) is 0 Å². The van der Waals surface area contributed by atoms with E-state index in [9.17, 15) is 9.18 Å². The zero-order chi connectivity index (χ0) is 24.5. The number of pyridine rings is 2. The van der Waals surface area contributed by atoms with Gasteiger partial charge < -0.3 is 34.9 Å². The first-order chi connectivity index (χ1) is 16.2. The number of nitrogens with one attached hydrogen (secondary N) is 3. The average Bonchev–Trinajstić information content (AvgIpc) is 2.81. The molecule has 1 aliphatic rings. The second-order valence-electron chi connectivity index (χ2n) is 7.82. The number of fused-ring (bicyclic) bond motifs is 1. The van der Waals surface area contributed by atoms with Crippen LogP contribution in [0.15, 0.2) is 36.5 Å². The first-order valence-corrected chi connectivity index (χ1v) is 10.2. The third kappa shape index (κ3) is 4.45. The van der Waals surface area contributed by atoms with Crippen LogP contribution < -0.4 is 34.9 Å². The van der Waals surface area contributed by atoms with Crippen molar-refractivity contribution in [1.29, 1.82) is 0 Å². The molecular formula is C23H24FN5O5. The zero-order valence-electron chi connectivity index (χ0n) is 19.3. The number of anilines is 5. The molecular weight excluding hydrogens is 445 g/mol. The van der Waals surface area contributed by atoms with E-state index in [0.29, 0.717) is 40.3 Å². The van der Waals surface area contributed by atoms with Crippen molar-refractivity contribution in [2.45, 2.75) is 19.4 Å². The summed E-state index contributed by atoms with van der Waals surface area (Å²) in [6.07, 6.45) is 1.08. The van der Waals surface area contributed by atoms with Crippen molar-refractivity contribution in [3.05, 3.63) is 42.3 Å². The van der Waals surface area contributed by atoms with Gasteiger partial charge in [0.1, 0.15) is 11.6 Å². The molecule has 34 heavy (non-hydrogen) atoms. The van der Waals surface area contributed by atoms with E-state index in [0.717, 1.165) is 6.20 Å². The smallest absolute Gasteiger partial charge is 0.269 e. The molecule has 0 unspecified atom stereocenters. The summed E-state index contributed by atoms with van der Waals surface area (Å²) in [6, 6.07) is 8.17. The van der Waals surface area contributed by atoms with E-state index in [1.165, 1.54) is 27.4 Å². The van der Waals surface area contributed by atoms with Gasteiger partial charge in [-0.05, 0) is 26.0 Å². The molecule has 1 aliphatic heterocycles. The largest absolute Gasteiger partial charge is 0.493 e. The van der Waals surface area contributed by atoms with Gasteiger partial charge in [-0.1, -0.05) is 0 Å². The molecule has 11 heteroatoms. The Labute approximate surface area is 195 Å². The fraction of sp³-hybridized carbons (Fsp3) is 0.261. The molecule has 0 fully saturated rings. The summed E-state index contributed by atoms with van der Waals surface area (Å²) in [4.78, 5) is 20.6. The van der Waals surface area contributed by atoms with Crippen LogP contribution >= 0.6 is 0 Å². The van der Waals surface area contributed by atoms with Gasteiger partial charge >= 0.3 is 0 Å². The number of nitrogens with zero attached hydrogens (tertiary/aromatic N) is 2. The molecule has 178 valence electrons. The molecule has 1 amide bonds. The number of amides is 1. The van der Waals surface area contributed by atoms with Crippen LogP contribution in [0.2, 0.25) is 0 Å². The van der Waals surface area contributed by atoms with Crippen LogP contribution in [-0.2, 0) is 4.79 Å². The summed E-state index contributed by atoms with van der Waals surface area (Å²) in [5, 5.41) is 8.70. The molecule has 0 atom stereocenters. The predicted octanol–water partition coefficient (Wildman–Crippen LogP) is 4.24. The number of benzene rings is 1. The highest BCUT2D eigenvalue weighted by Gasteiger charge is 2.36. The lowest BCUT2D eigenvalue weighted by Crippen LogP contribution is -2.46. The highest BCUT2D eigenvalue weighted by atomic mass is 19.1. The quantitative estimate of drug-likeness (QED) is 0.467. The number of hydrogen-bond donors (Lipinski definition) is 3. The molecule has 0 saturated carbocycles. The number of rotatable bonds is 7. The monoisotopic (exact) mass is 469 g/mol. The SMILES string of the molecule is COc1cc(Nc2cc(Nc3ccc4c(n3)NC(=O)C(C)(C)O4)c(F)cn2)cc(OC)c1OC. The minimum atomic E-state index is -1.01. The lowest BCUT2D eigenvalue weighted by Gasteiger charge is -2.30.